The van der Waals surface area contributed by atoms with Gasteiger partial charge in [-0.05, 0) is 57.4 Å². The van der Waals surface area contributed by atoms with Crippen molar-refractivity contribution in [3.05, 3.63) is 63.2 Å². The van der Waals surface area contributed by atoms with Gasteiger partial charge in [0.1, 0.15) is 0 Å². The Morgan fingerprint density at radius 2 is 1.79 bits per heavy atom. The Kier molecular flexibility index (Phi) is 7.55. The zero-order chi connectivity index (χ0) is 25.0. The summed E-state index contributed by atoms with van der Waals surface area (Å²) in [5.74, 6) is -1.29. The molecule has 0 spiro atoms. The Hall–Kier alpha value is -3.47. The maximum Gasteiger partial charge on any atom is 0.341 e. The molecule has 182 valence electrons. The van der Waals surface area contributed by atoms with Crippen LogP contribution in [0.2, 0.25) is 0 Å². The minimum absolute atomic E-state index is 0.0274. The topological polar surface area (TPSA) is 145 Å². The lowest BCUT2D eigenvalue weighted by Gasteiger charge is -2.18. The summed E-state index contributed by atoms with van der Waals surface area (Å²) >= 11 is 0. The molecule has 2 aromatic rings. The maximum atomic E-state index is 13.1. The van der Waals surface area contributed by atoms with Crippen LogP contribution >= 0.6 is 0 Å². The van der Waals surface area contributed by atoms with E-state index >= 15 is 0 Å². The third kappa shape index (κ3) is 5.71. The first-order chi connectivity index (χ1) is 16.0. The minimum Gasteiger partial charge on any atom is -0.449 e. The number of nitrogens with zero attached hydrogens (tertiary/aromatic N) is 1. The van der Waals surface area contributed by atoms with Crippen LogP contribution in [0, 0.1) is 24.0 Å². The Balaban J connectivity index is 1.82. The van der Waals surface area contributed by atoms with Crippen molar-refractivity contribution in [1.29, 1.82) is 0 Å². The van der Waals surface area contributed by atoms with Crippen LogP contribution in [0.4, 0.5) is 11.4 Å². The van der Waals surface area contributed by atoms with Gasteiger partial charge in [0, 0.05) is 17.7 Å². The molecule has 34 heavy (non-hydrogen) atoms. The number of esters is 1. The highest BCUT2D eigenvalue weighted by Crippen LogP contribution is 2.29. The van der Waals surface area contributed by atoms with Gasteiger partial charge in [-0.25, -0.2) is 13.2 Å². The number of sulfonamides is 1. The van der Waals surface area contributed by atoms with E-state index in [1.807, 2.05) is 0 Å². The number of nitro groups is 1. The molecule has 2 N–H and O–H groups in total. The highest BCUT2D eigenvalue weighted by molar-refractivity contribution is 7.92. The average Bonchev–Trinajstić information content (AvgIpc) is 3.27. The van der Waals surface area contributed by atoms with Crippen LogP contribution in [0.5, 0.6) is 0 Å². The average molecular weight is 490 g/mol. The molecule has 1 atom stereocenters. The van der Waals surface area contributed by atoms with Crippen LogP contribution in [-0.4, -0.2) is 37.4 Å². The molecule has 1 fully saturated rings. The molecule has 0 unspecified atom stereocenters. The molecule has 0 heterocycles. The van der Waals surface area contributed by atoms with Crippen molar-refractivity contribution < 1.29 is 27.7 Å². The van der Waals surface area contributed by atoms with Crippen LogP contribution in [0.1, 0.15) is 54.1 Å². The molecule has 0 radical (unpaired) electrons. The second kappa shape index (κ2) is 10.2. The molecular weight excluding hydrogens is 462 g/mol. The van der Waals surface area contributed by atoms with Crippen molar-refractivity contribution in [3.63, 3.8) is 0 Å². The van der Waals surface area contributed by atoms with E-state index in [1.165, 1.54) is 50.2 Å². The van der Waals surface area contributed by atoms with Crippen molar-refractivity contribution in [2.45, 2.75) is 63.5 Å². The quantitative estimate of drug-likeness (QED) is 0.327. The van der Waals surface area contributed by atoms with Crippen LogP contribution in [0.25, 0.3) is 0 Å². The number of carbonyl (C=O) groups excluding carboxylic acids is 2. The van der Waals surface area contributed by atoms with E-state index in [-0.39, 0.29) is 33.4 Å². The zero-order valence-corrected chi connectivity index (χ0v) is 20.0. The zero-order valence-electron chi connectivity index (χ0n) is 19.2. The number of benzene rings is 2. The van der Waals surface area contributed by atoms with E-state index in [4.69, 9.17) is 4.74 Å². The number of hydrogen-bond acceptors (Lipinski definition) is 7. The molecule has 2 aromatic carbocycles. The number of nitrogens with one attached hydrogen (secondary N) is 2. The molecular formula is C23H27N3O7S. The number of amides is 1. The van der Waals surface area contributed by atoms with Gasteiger partial charge in [-0.3, -0.25) is 19.6 Å². The Labute approximate surface area is 197 Å². The summed E-state index contributed by atoms with van der Waals surface area (Å²) in [6.45, 7) is 4.34. The number of ether oxygens (including phenoxy) is 1. The highest BCUT2D eigenvalue weighted by atomic mass is 32.2. The molecule has 1 amide bonds. The number of anilines is 1. The molecule has 0 aliphatic heterocycles. The molecule has 1 aliphatic rings. The smallest absolute Gasteiger partial charge is 0.341 e. The summed E-state index contributed by atoms with van der Waals surface area (Å²) in [5.41, 5.74) is -0.117. The van der Waals surface area contributed by atoms with Gasteiger partial charge in [0.2, 0.25) is 0 Å². The summed E-state index contributed by atoms with van der Waals surface area (Å²) in [4.78, 5) is 35.5. The lowest BCUT2D eigenvalue weighted by atomic mass is 10.1. The third-order valence-electron chi connectivity index (χ3n) is 5.71. The van der Waals surface area contributed by atoms with Gasteiger partial charge >= 0.3 is 5.97 Å². The summed E-state index contributed by atoms with van der Waals surface area (Å²) in [7, 11) is -4.28. The second-order valence-electron chi connectivity index (χ2n) is 8.35. The van der Waals surface area contributed by atoms with Crippen LogP contribution in [-0.2, 0) is 19.6 Å². The van der Waals surface area contributed by atoms with Gasteiger partial charge in [0.05, 0.1) is 21.1 Å². The van der Waals surface area contributed by atoms with Gasteiger partial charge in [0.15, 0.2) is 6.10 Å². The molecule has 1 aliphatic carbocycles. The van der Waals surface area contributed by atoms with Crippen LogP contribution < -0.4 is 10.0 Å². The first-order valence-electron chi connectivity index (χ1n) is 10.9. The third-order valence-corrected chi connectivity index (χ3v) is 7.20. The lowest BCUT2D eigenvalue weighted by Crippen LogP contribution is -2.40. The monoisotopic (exact) mass is 489 g/mol. The number of carbonyl (C=O) groups is 2. The van der Waals surface area contributed by atoms with Crippen molar-refractivity contribution >= 4 is 33.3 Å². The molecule has 0 saturated heterocycles. The van der Waals surface area contributed by atoms with Crippen LogP contribution in [0.15, 0.2) is 41.3 Å². The van der Waals surface area contributed by atoms with E-state index in [0.717, 1.165) is 25.7 Å². The second-order valence-corrected chi connectivity index (χ2v) is 10.0. The van der Waals surface area contributed by atoms with Crippen molar-refractivity contribution in [2.75, 3.05) is 4.72 Å². The molecule has 1 saturated carbocycles. The van der Waals surface area contributed by atoms with Gasteiger partial charge in [0.25, 0.3) is 21.6 Å². The van der Waals surface area contributed by atoms with E-state index in [1.54, 1.807) is 6.92 Å². The van der Waals surface area contributed by atoms with Gasteiger partial charge in [-0.2, -0.15) is 0 Å². The molecule has 11 heteroatoms. The fraction of sp³-hybridized carbons (Fsp3) is 0.391. The van der Waals surface area contributed by atoms with Crippen LogP contribution in [0.3, 0.4) is 0 Å². The number of nitro benzene ring substituents is 1. The SMILES string of the molecule is Cc1cc([N+](=O)[O-])c(C)c(S(=O)(=O)Nc2ccccc2C(=O)O[C@H](C)C(=O)NC2CCCC2)c1. The van der Waals surface area contributed by atoms with Gasteiger partial charge in [-0.15, -0.1) is 0 Å². The largest absolute Gasteiger partial charge is 0.449 e. The summed E-state index contributed by atoms with van der Waals surface area (Å²) in [6, 6.07) is 8.47. The predicted molar refractivity (Wildman–Crippen MR) is 125 cm³/mol. The first-order valence-corrected chi connectivity index (χ1v) is 12.4. The van der Waals surface area contributed by atoms with Crippen molar-refractivity contribution in [1.82, 2.24) is 5.32 Å². The normalized spacial score (nSPS) is 14.9. The minimum atomic E-state index is -4.28. The maximum absolute atomic E-state index is 13.1. The number of rotatable bonds is 8. The Morgan fingerprint density at radius 3 is 2.44 bits per heavy atom. The Morgan fingerprint density at radius 1 is 1.15 bits per heavy atom. The summed E-state index contributed by atoms with van der Waals surface area (Å²) < 4.78 is 33.8. The van der Waals surface area contributed by atoms with E-state index in [2.05, 4.69) is 10.0 Å². The fourth-order valence-corrected chi connectivity index (χ4v) is 5.32. The number of aryl methyl sites for hydroxylation is 1. The van der Waals surface area contributed by atoms with Crippen molar-refractivity contribution in [3.8, 4) is 0 Å². The lowest BCUT2D eigenvalue weighted by molar-refractivity contribution is -0.385. The predicted octanol–water partition coefficient (Wildman–Crippen LogP) is 3.62. The molecule has 0 aromatic heterocycles. The van der Waals surface area contributed by atoms with Crippen molar-refractivity contribution in [2.24, 2.45) is 0 Å². The van der Waals surface area contributed by atoms with Gasteiger partial charge < -0.3 is 10.1 Å². The standard InChI is InChI=1S/C23H27N3O7S/c1-14-12-20(26(29)30)15(2)21(13-14)34(31,32)25-19-11-7-6-10-18(19)23(28)33-16(3)22(27)24-17-8-4-5-9-17/h6-7,10-13,16-17,25H,4-5,8-9H2,1-3H3,(H,24,27)/t16-/m1/s1. The number of para-hydroxylation sites is 1. The van der Waals surface area contributed by atoms with E-state index in [9.17, 15) is 28.1 Å². The molecule has 0 bridgehead atoms. The van der Waals surface area contributed by atoms with E-state index in [0.29, 0.717) is 5.56 Å². The van der Waals surface area contributed by atoms with Gasteiger partial charge in [-0.1, -0.05) is 25.0 Å². The fourth-order valence-electron chi connectivity index (χ4n) is 3.89. The number of hydrogen-bond donors (Lipinski definition) is 2. The molecule has 10 nitrogen and oxygen atoms in total. The summed E-state index contributed by atoms with van der Waals surface area (Å²) in [5, 5.41) is 14.2. The summed E-state index contributed by atoms with van der Waals surface area (Å²) in [6.07, 6.45) is 2.77. The first kappa shape index (κ1) is 25.2. The Bertz CT molecular complexity index is 1220. The van der Waals surface area contributed by atoms with E-state index < -0.39 is 32.9 Å². The molecule has 3 rings (SSSR count). The highest BCUT2D eigenvalue weighted by Gasteiger charge is 2.28.